The molecule has 0 atom stereocenters. The molecule has 10 aromatic rings. The van der Waals surface area contributed by atoms with Gasteiger partial charge in [0.1, 0.15) is 0 Å². The van der Waals surface area contributed by atoms with E-state index in [1.54, 1.807) is 0 Å². The second-order valence-corrected chi connectivity index (χ2v) is 16.2. The summed E-state index contributed by atoms with van der Waals surface area (Å²) in [5.74, 6) is 0. The standard InChI is InChI=1S/C62H48N2/c1-46-18-14-16-28-60(46)62-29-17-15-19-52(62)45-53-44-51(49-36-41-59(42-37-49)64(56-24-10-4-11-25-56)57-26-12-5-13-27-57)38-43-61(53)50-32-30-47(31-33-50)48-34-39-58(40-35-48)63(54-20-6-2-7-21-54)55-22-8-3-9-23-55/h2-44H,45H2,1H3. The zero-order valence-electron chi connectivity index (χ0n) is 35.9. The molecule has 0 N–H and O–H groups in total. The molecule has 0 aliphatic carbocycles. The number of para-hydroxylation sites is 4. The van der Waals surface area contributed by atoms with Gasteiger partial charge in [0.15, 0.2) is 0 Å². The highest BCUT2D eigenvalue weighted by atomic mass is 15.1. The highest BCUT2D eigenvalue weighted by Gasteiger charge is 2.16. The van der Waals surface area contributed by atoms with Crippen molar-refractivity contribution in [2.24, 2.45) is 0 Å². The molecule has 0 amide bonds. The van der Waals surface area contributed by atoms with Gasteiger partial charge in [-0.2, -0.15) is 0 Å². The summed E-state index contributed by atoms with van der Waals surface area (Å²) in [4.78, 5) is 4.61. The predicted octanol–water partition coefficient (Wildman–Crippen LogP) is 17.2. The van der Waals surface area contributed by atoms with Gasteiger partial charge in [0.2, 0.25) is 0 Å². The smallest absolute Gasteiger partial charge is 0.0462 e. The monoisotopic (exact) mass is 820 g/mol. The molecule has 0 saturated heterocycles. The Balaban J connectivity index is 0.993. The number of aryl methyl sites for hydroxylation is 1. The van der Waals surface area contributed by atoms with Crippen molar-refractivity contribution >= 4 is 34.1 Å². The van der Waals surface area contributed by atoms with Crippen LogP contribution in [-0.4, -0.2) is 0 Å². The van der Waals surface area contributed by atoms with Gasteiger partial charge in [-0.15, -0.1) is 0 Å². The quantitative estimate of drug-likeness (QED) is 0.121. The maximum absolute atomic E-state index is 2.41. The third kappa shape index (κ3) is 8.50. The summed E-state index contributed by atoms with van der Waals surface area (Å²) in [5, 5.41) is 0. The van der Waals surface area contributed by atoms with Crippen molar-refractivity contribution < 1.29 is 0 Å². The maximum Gasteiger partial charge on any atom is 0.0462 e. The van der Waals surface area contributed by atoms with E-state index in [1.165, 1.54) is 61.2 Å². The van der Waals surface area contributed by atoms with Gasteiger partial charge in [-0.3, -0.25) is 0 Å². The minimum Gasteiger partial charge on any atom is -0.311 e. The third-order valence-corrected chi connectivity index (χ3v) is 12.1. The van der Waals surface area contributed by atoms with Crippen LogP contribution in [0.2, 0.25) is 0 Å². The lowest BCUT2D eigenvalue weighted by Crippen LogP contribution is -2.09. The molecule has 64 heavy (non-hydrogen) atoms. The van der Waals surface area contributed by atoms with Crippen LogP contribution in [0, 0.1) is 6.92 Å². The summed E-state index contributed by atoms with van der Waals surface area (Å²) in [6.07, 6.45) is 0.796. The topological polar surface area (TPSA) is 6.48 Å². The second-order valence-electron chi connectivity index (χ2n) is 16.2. The van der Waals surface area contributed by atoms with Gasteiger partial charge in [0.05, 0.1) is 0 Å². The van der Waals surface area contributed by atoms with E-state index >= 15 is 0 Å². The molecule has 0 aliphatic rings. The van der Waals surface area contributed by atoms with Gasteiger partial charge in [0, 0.05) is 34.1 Å². The van der Waals surface area contributed by atoms with E-state index in [4.69, 9.17) is 0 Å². The van der Waals surface area contributed by atoms with Crippen molar-refractivity contribution in [1.29, 1.82) is 0 Å². The molecule has 10 aromatic carbocycles. The van der Waals surface area contributed by atoms with Gasteiger partial charge < -0.3 is 9.80 Å². The molecular weight excluding hydrogens is 773 g/mol. The molecule has 0 aliphatic heterocycles. The first-order chi connectivity index (χ1) is 31.7. The van der Waals surface area contributed by atoms with Crippen molar-refractivity contribution in [3.63, 3.8) is 0 Å². The molecule has 0 heterocycles. The van der Waals surface area contributed by atoms with E-state index in [1.807, 2.05) is 0 Å². The normalized spacial score (nSPS) is 11.0. The summed E-state index contributed by atoms with van der Waals surface area (Å²) in [5.41, 5.74) is 20.4. The largest absolute Gasteiger partial charge is 0.311 e. The Morgan fingerprint density at radius 1 is 0.250 bits per heavy atom. The first kappa shape index (κ1) is 39.9. The van der Waals surface area contributed by atoms with E-state index in [-0.39, 0.29) is 0 Å². The minimum atomic E-state index is 0.796. The Labute approximate surface area is 377 Å². The van der Waals surface area contributed by atoms with E-state index in [9.17, 15) is 0 Å². The Bertz CT molecular complexity index is 3010. The molecule has 2 heteroatoms. The number of nitrogens with zero attached hydrogens (tertiary/aromatic N) is 2. The van der Waals surface area contributed by atoms with Crippen LogP contribution in [0.5, 0.6) is 0 Å². The van der Waals surface area contributed by atoms with E-state index in [2.05, 4.69) is 278 Å². The Morgan fingerprint density at radius 3 is 1.06 bits per heavy atom. The average Bonchev–Trinajstić information content (AvgIpc) is 3.36. The first-order valence-corrected chi connectivity index (χ1v) is 22.0. The minimum absolute atomic E-state index is 0.796. The molecule has 0 aromatic heterocycles. The number of rotatable bonds is 12. The Hall–Kier alpha value is -8.20. The molecule has 0 spiro atoms. The summed E-state index contributed by atoms with van der Waals surface area (Å²) in [6.45, 7) is 2.20. The van der Waals surface area contributed by atoms with Crippen LogP contribution in [0.1, 0.15) is 16.7 Å². The van der Waals surface area contributed by atoms with E-state index in [0.29, 0.717) is 0 Å². The molecular formula is C62H48N2. The lowest BCUT2D eigenvalue weighted by Gasteiger charge is -2.25. The van der Waals surface area contributed by atoms with Crippen LogP contribution in [0.4, 0.5) is 34.1 Å². The Morgan fingerprint density at radius 2 is 0.594 bits per heavy atom. The van der Waals surface area contributed by atoms with Crippen molar-refractivity contribution in [1.82, 2.24) is 0 Å². The SMILES string of the molecule is Cc1ccccc1-c1ccccc1Cc1cc(-c2ccc(N(c3ccccc3)c3ccccc3)cc2)ccc1-c1ccc(-c2ccc(N(c3ccccc3)c3ccccc3)cc2)cc1. The second kappa shape index (κ2) is 18.4. The summed E-state index contributed by atoms with van der Waals surface area (Å²) in [7, 11) is 0. The molecule has 0 bridgehead atoms. The van der Waals surface area contributed by atoms with E-state index in [0.717, 1.165) is 40.5 Å². The molecule has 10 rings (SSSR count). The summed E-state index contributed by atoms with van der Waals surface area (Å²) < 4.78 is 0. The fraction of sp³-hybridized carbons (Fsp3) is 0.0323. The molecule has 0 saturated carbocycles. The van der Waals surface area contributed by atoms with Crippen LogP contribution in [0.15, 0.2) is 261 Å². The van der Waals surface area contributed by atoms with Gasteiger partial charge in [-0.1, -0.05) is 188 Å². The highest BCUT2D eigenvalue weighted by molar-refractivity contribution is 5.82. The van der Waals surface area contributed by atoms with Crippen molar-refractivity contribution in [2.75, 3.05) is 9.80 Å². The van der Waals surface area contributed by atoms with Crippen LogP contribution >= 0.6 is 0 Å². The number of benzene rings is 10. The van der Waals surface area contributed by atoms with E-state index < -0.39 is 0 Å². The molecule has 2 nitrogen and oxygen atoms in total. The maximum atomic E-state index is 2.41. The molecule has 0 fully saturated rings. The first-order valence-electron chi connectivity index (χ1n) is 22.0. The highest BCUT2D eigenvalue weighted by Crippen LogP contribution is 2.39. The lowest BCUT2D eigenvalue weighted by atomic mass is 9.88. The van der Waals surface area contributed by atoms with Gasteiger partial charge in [0.25, 0.3) is 0 Å². The lowest BCUT2D eigenvalue weighted by molar-refractivity contribution is 1.19. The van der Waals surface area contributed by atoms with Crippen LogP contribution < -0.4 is 9.80 Å². The fourth-order valence-electron chi connectivity index (χ4n) is 8.87. The van der Waals surface area contributed by atoms with Crippen molar-refractivity contribution in [3.8, 4) is 44.5 Å². The Kier molecular flexibility index (Phi) is 11.5. The number of anilines is 6. The number of hydrogen-bond acceptors (Lipinski definition) is 2. The molecule has 0 radical (unpaired) electrons. The number of hydrogen-bond donors (Lipinski definition) is 0. The zero-order valence-corrected chi connectivity index (χ0v) is 35.9. The third-order valence-electron chi connectivity index (χ3n) is 12.1. The molecule has 306 valence electrons. The zero-order chi connectivity index (χ0) is 43.1. The average molecular weight is 821 g/mol. The molecule has 0 unspecified atom stereocenters. The van der Waals surface area contributed by atoms with Crippen molar-refractivity contribution in [2.45, 2.75) is 13.3 Å². The van der Waals surface area contributed by atoms with Crippen LogP contribution in [0.25, 0.3) is 44.5 Å². The predicted molar refractivity (Wildman–Crippen MR) is 272 cm³/mol. The van der Waals surface area contributed by atoms with Crippen LogP contribution in [-0.2, 0) is 6.42 Å². The van der Waals surface area contributed by atoms with Gasteiger partial charge >= 0.3 is 0 Å². The van der Waals surface area contributed by atoms with Crippen LogP contribution in [0.3, 0.4) is 0 Å². The van der Waals surface area contributed by atoms with Gasteiger partial charge in [-0.05, 0) is 147 Å². The van der Waals surface area contributed by atoms with Gasteiger partial charge in [-0.25, -0.2) is 0 Å². The summed E-state index contributed by atoms with van der Waals surface area (Å²) in [6, 6.07) is 93.9. The summed E-state index contributed by atoms with van der Waals surface area (Å²) >= 11 is 0. The fourth-order valence-corrected chi connectivity index (χ4v) is 8.87. The van der Waals surface area contributed by atoms with Crippen molar-refractivity contribution in [3.05, 3.63) is 278 Å².